The first-order valence-electron chi connectivity index (χ1n) is 5.45. The van der Waals surface area contributed by atoms with Crippen LogP contribution in [0, 0.1) is 6.92 Å². The van der Waals surface area contributed by atoms with E-state index < -0.39 is 0 Å². The van der Waals surface area contributed by atoms with Crippen LogP contribution in [0.5, 0.6) is 0 Å². The molecule has 1 aromatic rings. The quantitative estimate of drug-likeness (QED) is 0.886. The fraction of sp³-hybridized carbons (Fsp3) is 0.545. The van der Waals surface area contributed by atoms with E-state index in [2.05, 4.69) is 15.3 Å². The van der Waals surface area contributed by atoms with Crippen LogP contribution in [0.2, 0.25) is 0 Å². The van der Waals surface area contributed by atoms with Gasteiger partial charge >= 0.3 is 0 Å². The SMILES string of the molecule is Cc1cnc(C(=O)N(C)C2CCNC2)cn1.Cl.Cl. The average molecular weight is 293 g/mol. The number of hydrogen-bond acceptors (Lipinski definition) is 4. The van der Waals surface area contributed by atoms with E-state index in [0.717, 1.165) is 25.2 Å². The summed E-state index contributed by atoms with van der Waals surface area (Å²) in [4.78, 5) is 22.0. The van der Waals surface area contributed by atoms with Crippen LogP contribution in [0.3, 0.4) is 0 Å². The second-order valence-corrected chi connectivity index (χ2v) is 4.11. The maximum Gasteiger partial charge on any atom is 0.274 e. The van der Waals surface area contributed by atoms with Crippen molar-refractivity contribution in [3.05, 3.63) is 23.8 Å². The summed E-state index contributed by atoms with van der Waals surface area (Å²) in [7, 11) is 1.82. The molecular weight excluding hydrogens is 275 g/mol. The molecule has 5 nitrogen and oxygen atoms in total. The Labute approximate surface area is 119 Å². The molecular formula is C11H18Cl2N4O. The van der Waals surface area contributed by atoms with Crippen LogP contribution in [0.15, 0.2) is 12.4 Å². The van der Waals surface area contributed by atoms with E-state index in [4.69, 9.17) is 0 Å². The van der Waals surface area contributed by atoms with Crippen molar-refractivity contribution in [2.75, 3.05) is 20.1 Å². The molecule has 102 valence electrons. The number of amides is 1. The predicted molar refractivity (Wildman–Crippen MR) is 74.6 cm³/mol. The number of aryl methyl sites for hydroxylation is 1. The van der Waals surface area contributed by atoms with E-state index >= 15 is 0 Å². The van der Waals surface area contributed by atoms with Gasteiger partial charge in [-0.3, -0.25) is 9.78 Å². The van der Waals surface area contributed by atoms with Crippen molar-refractivity contribution in [2.24, 2.45) is 0 Å². The normalized spacial score (nSPS) is 17.6. The zero-order valence-corrected chi connectivity index (χ0v) is 12.1. The third-order valence-electron chi connectivity index (χ3n) is 2.90. The van der Waals surface area contributed by atoms with Gasteiger partial charge in [-0.15, -0.1) is 24.8 Å². The summed E-state index contributed by atoms with van der Waals surface area (Å²) in [6.45, 7) is 3.69. The van der Waals surface area contributed by atoms with Gasteiger partial charge in [0.25, 0.3) is 5.91 Å². The topological polar surface area (TPSA) is 58.1 Å². The first-order chi connectivity index (χ1) is 7.68. The first kappa shape index (κ1) is 17.1. The molecule has 1 N–H and O–H groups in total. The van der Waals surface area contributed by atoms with Gasteiger partial charge in [-0.05, 0) is 19.9 Å². The Balaban J connectivity index is 0.00000144. The van der Waals surface area contributed by atoms with Gasteiger partial charge in [0.05, 0.1) is 11.9 Å². The Morgan fingerprint density at radius 2 is 2.11 bits per heavy atom. The number of likely N-dealkylation sites (N-methyl/N-ethyl adjacent to an activating group) is 1. The summed E-state index contributed by atoms with van der Waals surface area (Å²) < 4.78 is 0. The number of halogens is 2. The highest BCUT2D eigenvalue weighted by atomic mass is 35.5. The molecule has 1 amide bonds. The van der Waals surface area contributed by atoms with E-state index in [1.54, 1.807) is 11.1 Å². The predicted octanol–water partition coefficient (Wildman–Crippen LogP) is 1.06. The van der Waals surface area contributed by atoms with Crippen LogP contribution in [-0.2, 0) is 0 Å². The summed E-state index contributed by atoms with van der Waals surface area (Å²) in [5.41, 5.74) is 1.24. The van der Waals surface area contributed by atoms with Crippen molar-refractivity contribution in [1.82, 2.24) is 20.2 Å². The Hall–Kier alpha value is -0.910. The zero-order valence-electron chi connectivity index (χ0n) is 10.4. The smallest absolute Gasteiger partial charge is 0.274 e. The van der Waals surface area contributed by atoms with Crippen LogP contribution >= 0.6 is 24.8 Å². The van der Waals surface area contributed by atoms with Crippen molar-refractivity contribution in [3.8, 4) is 0 Å². The van der Waals surface area contributed by atoms with Gasteiger partial charge in [0.1, 0.15) is 5.69 Å². The van der Waals surface area contributed by atoms with Crippen LogP contribution < -0.4 is 5.32 Å². The Kier molecular flexibility index (Phi) is 7.13. The lowest BCUT2D eigenvalue weighted by atomic mass is 10.2. The molecule has 0 radical (unpaired) electrons. The number of carbonyl (C=O) groups is 1. The molecule has 1 aliphatic rings. The highest BCUT2D eigenvalue weighted by Crippen LogP contribution is 2.09. The molecule has 0 saturated carbocycles. The van der Waals surface area contributed by atoms with E-state index in [1.807, 2.05) is 14.0 Å². The summed E-state index contributed by atoms with van der Waals surface area (Å²) >= 11 is 0. The minimum atomic E-state index is -0.0544. The standard InChI is InChI=1S/C11H16N4O.2ClH/c1-8-5-14-10(7-13-8)11(16)15(2)9-3-4-12-6-9;;/h5,7,9,12H,3-4,6H2,1-2H3;2*1H. The average Bonchev–Trinajstić information content (AvgIpc) is 2.81. The summed E-state index contributed by atoms with van der Waals surface area (Å²) in [6.07, 6.45) is 4.16. The van der Waals surface area contributed by atoms with Gasteiger partial charge in [0.2, 0.25) is 0 Å². The molecule has 1 atom stereocenters. The van der Waals surface area contributed by atoms with Gasteiger partial charge in [0, 0.05) is 25.8 Å². The van der Waals surface area contributed by atoms with Crippen LogP contribution in [0.1, 0.15) is 22.6 Å². The monoisotopic (exact) mass is 292 g/mol. The Morgan fingerprint density at radius 1 is 1.39 bits per heavy atom. The Bertz CT molecular complexity index is 379. The highest BCUT2D eigenvalue weighted by Gasteiger charge is 2.24. The molecule has 1 fully saturated rings. The molecule has 2 heterocycles. The zero-order chi connectivity index (χ0) is 11.5. The molecule has 1 unspecified atom stereocenters. The lowest BCUT2D eigenvalue weighted by Crippen LogP contribution is -2.38. The molecule has 18 heavy (non-hydrogen) atoms. The Morgan fingerprint density at radius 3 is 2.61 bits per heavy atom. The molecule has 0 bridgehead atoms. The number of nitrogens with one attached hydrogen (secondary N) is 1. The molecule has 7 heteroatoms. The van der Waals surface area contributed by atoms with Crippen LogP contribution in [-0.4, -0.2) is 47.0 Å². The third kappa shape index (κ3) is 3.80. The lowest BCUT2D eigenvalue weighted by molar-refractivity contribution is 0.0737. The van der Waals surface area contributed by atoms with Crippen molar-refractivity contribution in [3.63, 3.8) is 0 Å². The molecule has 0 aromatic carbocycles. The van der Waals surface area contributed by atoms with Crippen molar-refractivity contribution >= 4 is 30.7 Å². The maximum atomic E-state index is 12.0. The van der Waals surface area contributed by atoms with Gasteiger partial charge in [-0.25, -0.2) is 4.98 Å². The number of aromatic nitrogens is 2. The van der Waals surface area contributed by atoms with E-state index in [1.165, 1.54) is 6.20 Å². The number of nitrogens with zero attached hydrogens (tertiary/aromatic N) is 3. The molecule has 0 aliphatic carbocycles. The summed E-state index contributed by atoms with van der Waals surface area (Å²) in [5, 5.41) is 3.24. The molecule has 1 saturated heterocycles. The minimum absolute atomic E-state index is 0. The minimum Gasteiger partial charge on any atom is -0.336 e. The largest absolute Gasteiger partial charge is 0.336 e. The molecule has 1 aliphatic heterocycles. The molecule has 0 spiro atoms. The summed E-state index contributed by atoms with van der Waals surface area (Å²) in [6, 6.07) is 0.274. The first-order valence-corrected chi connectivity index (χ1v) is 5.45. The van der Waals surface area contributed by atoms with Gasteiger partial charge in [-0.2, -0.15) is 0 Å². The van der Waals surface area contributed by atoms with Gasteiger partial charge in [0.15, 0.2) is 0 Å². The maximum absolute atomic E-state index is 12.0. The summed E-state index contributed by atoms with van der Waals surface area (Å²) in [5.74, 6) is -0.0544. The van der Waals surface area contributed by atoms with Crippen molar-refractivity contribution < 1.29 is 4.79 Å². The number of hydrogen-bond donors (Lipinski definition) is 1. The molecule has 2 rings (SSSR count). The van der Waals surface area contributed by atoms with E-state index in [9.17, 15) is 4.79 Å². The lowest BCUT2D eigenvalue weighted by Gasteiger charge is -2.23. The van der Waals surface area contributed by atoms with Gasteiger partial charge < -0.3 is 10.2 Å². The van der Waals surface area contributed by atoms with E-state index in [-0.39, 0.29) is 36.8 Å². The van der Waals surface area contributed by atoms with Gasteiger partial charge in [-0.1, -0.05) is 0 Å². The van der Waals surface area contributed by atoms with E-state index in [0.29, 0.717) is 5.69 Å². The van der Waals surface area contributed by atoms with Crippen LogP contribution in [0.25, 0.3) is 0 Å². The number of carbonyl (C=O) groups excluding carboxylic acids is 1. The third-order valence-corrected chi connectivity index (χ3v) is 2.90. The second kappa shape index (κ2) is 7.51. The highest BCUT2D eigenvalue weighted by molar-refractivity contribution is 5.92. The van der Waals surface area contributed by atoms with Crippen molar-refractivity contribution in [1.29, 1.82) is 0 Å². The number of rotatable bonds is 2. The van der Waals surface area contributed by atoms with Crippen molar-refractivity contribution in [2.45, 2.75) is 19.4 Å². The molecule has 1 aromatic heterocycles. The fourth-order valence-corrected chi connectivity index (χ4v) is 1.82. The fourth-order valence-electron chi connectivity index (χ4n) is 1.82. The van der Waals surface area contributed by atoms with Crippen LogP contribution in [0.4, 0.5) is 0 Å². The second-order valence-electron chi connectivity index (χ2n) is 4.11.